The molecular weight excluding hydrogens is 340 g/mol. The van der Waals surface area contributed by atoms with Crippen LogP contribution in [0.25, 0.3) is 0 Å². The average molecular weight is 366 g/mol. The number of carbonyl (C=O) groups excluding carboxylic acids is 2. The Labute approximate surface area is 160 Å². The topological polar surface area (TPSA) is 63.6 Å². The average Bonchev–Trinajstić information content (AvgIpc) is 2.67. The fraction of sp³-hybridized carbons (Fsp3) is 0.391. The molecule has 1 saturated carbocycles. The van der Waals surface area contributed by atoms with Gasteiger partial charge in [0.1, 0.15) is 17.8 Å². The highest BCUT2D eigenvalue weighted by Gasteiger charge is 2.27. The summed E-state index contributed by atoms with van der Waals surface area (Å²) in [5.41, 5.74) is 4.00. The van der Waals surface area contributed by atoms with Gasteiger partial charge < -0.3 is 14.6 Å². The summed E-state index contributed by atoms with van der Waals surface area (Å²) in [5.74, 6) is 0.698. The third kappa shape index (κ3) is 4.76. The van der Waals surface area contributed by atoms with Crippen molar-refractivity contribution < 1.29 is 19.4 Å². The summed E-state index contributed by atoms with van der Waals surface area (Å²) in [6.07, 6.45) is 4.74. The third-order valence-corrected chi connectivity index (χ3v) is 5.40. The predicted octanol–water partition coefficient (Wildman–Crippen LogP) is 4.51. The van der Waals surface area contributed by atoms with Gasteiger partial charge in [-0.25, -0.2) is 0 Å². The van der Waals surface area contributed by atoms with Crippen molar-refractivity contribution in [3.05, 3.63) is 58.7 Å². The van der Waals surface area contributed by atoms with Crippen LogP contribution in [0.2, 0.25) is 0 Å². The van der Waals surface area contributed by atoms with Crippen molar-refractivity contribution in [3.63, 3.8) is 0 Å². The monoisotopic (exact) mass is 366 g/mol. The van der Waals surface area contributed by atoms with Gasteiger partial charge in [-0.3, -0.25) is 4.79 Å². The fourth-order valence-electron chi connectivity index (χ4n) is 3.75. The number of phenolic OH excluding ortho intramolecular Hbond substituents is 1. The Bertz CT molecular complexity index is 792. The molecule has 0 bridgehead atoms. The Hall–Kier alpha value is -2.62. The molecule has 1 aliphatic rings. The maximum Gasteiger partial charge on any atom is 0.314 e. The molecule has 0 unspecified atom stereocenters. The molecule has 0 heterocycles. The van der Waals surface area contributed by atoms with Gasteiger partial charge in [-0.1, -0.05) is 24.3 Å². The van der Waals surface area contributed by atoms with E-state index in [1.54, 1.807) is 0 Å². The highest BCUT2D eigenvalue weighted by Crippen LogP contribution is 2.29. The summed E-state index contributed by atoms with van der Waals surface area (Å²) in [4.78, 5) is 23.1. The summed E-state index contributed by atoms with van der Waals surface area (Å²) >= 11 is 0. The molecule has 0 amide bonds. The van der Waals surface area contributed by atoms with Gasteiger partial charge in [0, 0.05) is 5.92 Å². The molecule has 0 spiro atoms. The molecule has 2 aromatic carbocycles. The van der Waals surface area contributed by atoms with Crippen LogP contribution in [0.3, 0.4) is 0 Å². The molecule has 2 aromatic rings. The van der Waals surface area contributed by atoms with Gasteiger partial charge in [-0.15, -0.1) is 0 Å². The first-order chi connectivity index (χ1) is 13.0. The Morgan fingerprint density at radius 3 is 2.19 bits per heavy atom. The van der Waals surface area contributed by atoms with Gasteiger partial charge >= 0.3 is 5.97 Å². The van der Waals surface area contributed by atoms with E-state index in [2.05, 4.69) is 0 Å². The van der Waals surface area contributed by atoms with Crippen LogP contribution in [0.5, 0.6) is 11.5 Å². The highest BCUT2D eigenvalue weighted by molar-refractivity contribution is 5.75. The number of rotatable bonds is 5. The second-order valence-electron chi connectivity index (χ2n) is 7.57. The number of aldehydes is 1. The van der Waals surface area contributed by atoms with E-state index in [9.17, 15) is 14.7 Å². The minimum atomic E-state index is -0.197. The number of benzene rings is 2. The van der Waals surface area contributed by atoms with E-state index in [1.165, 1.54) is 0 Å². The number of phenols is 1. The maximum atomic E-state index is 12.3. The highest BCUT2D eigenvalue weighted by atomic mass is 16.5. The van der Waals surface area contributed by atoms with E-state index in [0.29, 0.717) is 11.5 Å². The van der Waals surface area contributed by atoms with Crippen LogP contribution in [0, 0.1) is 25.7 Å². The number of ether oxygens (including phenoxy) is 1. The standard InChI is InChI=1S/C23H26O4/c1-15-11-19(12-16(2)22(15)25)13-17-5-9-21(10-6-17)27-23(26)20-7-3-18(14-24)4-8-20/h5-6,9-12,14,18,20,25H,3-4,7-8,13H2,1-2H3. The lowest BCUT2D eigenvalue weighted by atomic mass is 9.83. The lowest BCUT2D eigenvalue weighted by Crippen LogP contribution is -2.26. The summed E-state index contributed by atoms with van der Waals surface area (Å²) in [6, 6.07) is 11.6. The Balaban J connectivity index is 1.59. The van der Waals surface area contributed by atoms with Crippen LogP contribution in [0.4, 0.5) is 0 Å². The SMILES string of the molecule is Cc1cc(Cc2ccc(OC(=O)C3CCC(C=O)CC3)cc2)cc(C)c1O. The van der Waals surface area contributed by atoms with E-state index in [-0.39, 0.29) is 17.8 Å². The zero-order valence-electron chi connectivity index (χ0n) is 15.9. The molecule has 4 heteroatoms. The lowest BCUT2D eigenvalue weighted by molar-refractivity contribution is -0.140. The van der Waals surface area contributed by atoms with E-state index in [0.717, 1.165) is 60.6 Å². The van der Waals surface area contributed by atoms with Crippen LogP contribution in [-0.4, -0.2) is 17.4 Å². The molecule has 0 saturated heterocycles. The Kier molecular flexibility index (Phi) is 5.94. The van der Waals surface area contributed by atoms with Gasteiger partial charge in [0.25, 0.3) is 0 Å². The first-order valence-electron chi connectivity index (χ1n) is 9.51. The van der Waals surface area contributed by atoms with Crippen molar-refractivity contribution >= 4 is 12.3 Å². The smallest absolute Gasteiger partial charge is 0.314 e. The summed E-state index contributed by atoms with van der Waals surface area (Å²) < 4.78 is 5.52. The second-order valence-corrected chi connectivity index (χ2v) is 7.57. The molecule has 1 aliphatic carbocycles. The minimum Gasteiger partial charge on any atom is -0.507 e. The quantitative estimate of drug-likeness (QED) is 0.480. The second kappa shape index (κ2) is 8.38. The molecule has 142 valence electrons. The van der Waals surface area contributed by atoms with Crippen LogP contribution in [-0.2, 0) is 16.0 Å². The molecule has 0 atom stereocenters. The van der Waals surface area contributed by atoms with E-state index < -0.39 is 0 Å². The largest absolute Gasteiger partial charge is 0.507 e. The Morgan fingerprint density at radius 1 is 1.04 bits per heavy atom. The molecule has 4 nitrogen and oxygen atoms in total. The first-order valence-corrected chi connectivity index (χ1v) is 9.51. The van der Waals surface area contributed by atoms with Crippen LogP contribution in [0.15, 0.2) is 36.4 Å². The Morgan fingerprint density at radius 2 is 1.63 bits per heavy atom. The number of esters is 1. The number of carbonyl (C=O) groups is 2. The van der Waals surface area contributed by atoms with Crippen molar-refractivity contribution in [2.75, 3.05) is 0 Å². The van der Waals surface area contributed by atoms with Gasteiger partial charge in [0.2, 0.25) is 0 Å². The van der Waals surface area contributed by atoms with Crippen LogP contribution >= 0.6 is 0 Å². The number of aromatic hydroxyl groups is 1. The summed E-state index contributed by atoms with van der Waals surface area (Å²) in [5, 5.41) is 9.89. The minimum absolute atomic E-state index is 0.0977. The van der Waals surface area contributed by atoms with Gasteiger partial charge in [-0.2, -0.15) is 0 Å². The van der Waals surface area contributed by atoms with Gasteiger partial charge in [0.05, 0.1) is 5.92 Å². The predicted molar refractivity (Wildman–Crippen MR) is 104 cm³/mol. The van der Waals surface area contributed by atoms with Crippen molar-refractivity contribution in [1.29, 1.82) is 0 Å². The maximum absolute atomic E-state index is 12.3. The normalized spacial score (nSPS) is 19.5. The van der Waals surface area contributed by atoms with Crippen molar-refractivity contribution in [1.82, 2.24) is 0 Å². The lowest BCUT2D eigenvalue weighted by Gasteiger charge is -2.23. The zero-order valence-corrected chi connectivity index (χ0v) is 15.9. The van der Waals surface area contributed by atoms with Crippen LogP contribution in [0.1, 0.15) is 47.9 Å². The third-order valence-electron chi connectivity index (χ3n) is 5.40. The van der Waals surface area contributed by atoms with Crippen molar-refractivity contribution in [2.45, 2.75) is 46.0 Å². The van der Waals surface area contributed by atoms with Crippen molar-refractivity contribution in [2.24, 2.45) is 11.8 Å². The molecule has 3 rings (SSSR count). The number of hydrogen-bond donors (Lipinski definition) is 1. The van der Waals surface area contributed by atoms with E-state index >= 15 is 0 Å². The molecular formula is C23H26O4. The fourth-order valence-corrected chi connectivity index (χ4v) is 3.75. The molecule has 1 N–H and O–H groups in total. The van der Waals surface area contributed by atoms with Gasteiger partial charge in [-0.05, 0) is 80.3 Å². The van der Waals surface area contributed by atoms with Gasteiger partial charge in [0.15, 0.2) is 0 Å². The summed E-state index contributed by atoms with van der Waals surface area (Å²) in [7, 11) is 0. The molecule has 27 heavy (non-hydrogen) atoms. The van der Waals surface area contributed by atoms with Crippen LogP contribution < -0.4 is 4.74 Å². The molecule has 1 fully saturated rings. The van der Waals surface area contributed by atoms with E-state index in [1.807, 2.05) is 50.2 Å². The first kappa shape index (κ1) is 19.2. The molecule has 0 aromatic heterocycles. The molecule has 0 aliphatic heterocycles. The summed E-state index contributed by atoms with van der Waals surface area (Å²) in [6.45, 7) is 3.80. The van der Waals surface area contributed by atoms with Crippen molar-refractivity contribution in [3.8, 4) is 11.5 Å². The molecule has 0 radical (unpaired) electrons. The number of hydrogen-bond acceptors (Lipinski definition) is 4. The van der Waals surface area contributed by atoms with E-state index in [4.69, 9.17) is 4.74 Å². The zero-order chi connectivity index (χ0) is 19.4. The number of aryl methyl sites for hydroxylation is 2.